The molecule has 0 saturated carbocycles. The van der Waals surface area contributed by atoms with Crippen LogP contribution in [-0.4, -0.2) is 47.0 Å². The van der Waals surface area contributed by atoms with Crippen molar-refractivity contribution in [3.05, 3.63) is 0 Å². The summed E-state index contributed by atoms with van der Waals surface area (Å²) in [6.45, 7) is 6.68. The Hall–Kier alpha value is -0.270. The molecule has 0 aliphatic carbocycles. The van der Waals surface area contributed by atoms with E-state index in [1.807, 2.05) is 0 Å². The van der Waals surface area contributed by atoms with E-state index in [4.69, 9.17) is 10.8 Å². The fourth-order valence-electron chi connectivity index (χ4n) is 1.04. The summed E-state index contributed by atoms with van der Waals surface area (Å²) in [5, 5.41) is 8.41. The maximum absolute atomic E-state index is 11.6. The van der Waals surface area contributed by atoms with E-state index in [2.05, 4.69) is 0 Å². The summed E-state index contributed by atoms with van der Waals surface area (Å²) in [4.78, 5) is 10.8. The fourth-order valence-corrected chi connectivity index (χ4v) is 3.58. The molecule has 0 bridgehead atoms. The zero-order valence-electron chi connectivity index (χ0n) is 10.6. The van der Waals surface area contributed by atoms with E-state index in [1.165, 1.54) is 11.8 Å². The number of carboxylic acids is 1. The summed E-state index contributed by atoms with van der Waals surface area (Å²) < 4.78 is 22.4. The van der Waals surface area contributed by atoms with Crippen LogP contribution >= 0.6 is 11.8 Å². The zero-order chi connectivity index (χ0) is 13.9. The van der Waals surface area contributed by atoms with E-state index in [0.29, 0.717) is 5.75 Å². The van der Waals surface area contributed by atoms with E-state index >= 15 is 0 Å². The number of hydrogen-bond donors (Lipinski definition) is 2. The molecule has 0 aromatic rings. The van der Waals surface area contributed by atoms with Crippen LogP contribution in [0.1, 0.15) is 27.7 Å². The first kappa shape index (κ1) is 16.7. The predicted octanol–water partition coefficient (Wildman–Crippen LogP) is 0.733. The molecular formula is C10H21NO4S2. The Morgan fingerprint density at radius 3 is 2.24 bits per heavy atom. The predicted molar refractivity (Wildman–Crippen MR) is 71.1 cm³/mol. The molecule has 0 saturated heterocycles. The summed E-state index contributed by atoms with van der Waals surface area (Å²) in [5.74, 6) is -0.672. The van der Waals surface area contributed by atoms with Gasteiger partial charge < -0.3 is 10.8 Å². The number of nitrogens with two attached hydrogens (primary N) is 1. The molecule has 17 heavy (non-hydrogen) atoms. The molecule has 0 heterocycles. The van der Waals surface area contributed by atoms with Gasteiger partial charge in [-0.2, -0.15) is 11.8 Å². The summed E-state index contributed by atoms with van der Waals surface area (Å²) in [6.07, 6.45) is 0. The number of sulfone groups is 1. The van der Waals surface area contributed by atoms with Gasteiger partial charge in [0.25, 0.3) is 0 Å². The highest BCUT2D eigenvalue weighted by molar-refractivity contribution is 8.02. The molecule has 5 nitrogen and oxygen atoms in total. The minimum atomic E-state index is -3.08. The second-order valence-corrected chi connectivity index (χ2v) is 9.11. The molecule has 3 N–H and O–H groups in total. The number of hydrogen-bond acceptors (Lipinski definition) is 5. The van der Waals surface area contributed by atoms with Crippen LogP contribution in [0.2, 0.25) is 0 Å². The SMILES string of the molecule is CC(C)S(=O)(=O)CCSC(C)(C)[C@H](N)C(=O)O. The first-order chi connectivity index (χ1) is 7.50. The molecule has 0 aromatic heterocycles. The number of carbonyl (C=O) groups is 1. The van der Waals surface area contributed by atoms with Gasteiger partial charge in [0, 0.05) is 10.5 Å². The second kappa shape index (κ2) is 6.06. The van der Waals surface area contributed by atoms with E-state index in [-0.39, 0.29) is 5.75 Å². The van der Waals surface area contributed by atoms with Crippen molar-refractivity contribution in [1.82, 2.24) is 0 Å². The molecule has 0 rings (SSSR count). The molecule has 102 valence electrons. The average Bonchev–Trinajstić information content (AvgIpc) is 2.15. The summed E-state index contributed by atoms with van der Waals surface area (Å²) >= 11 is 1.27. The monoisotopic (exact) mass is 283 g/mol. The van der Waals surface area contributed by atoms with Gasteiger partial charge in [0.05, 0.1) is 11.0 Å². The minimum absolute atomic E-state index is 0.0467. The molecule has 0 fully saturated rings. The van der Waals surface area contributed by atoms with Gasteiger partial charge in [0.15, 0.2) is 9.84 Å². The van der Waals surface area contributed by atoms with Crippen LogP contribution in [0.5, 0.6) is 0 Å². The lowest BCUT2D eigenvalue weighted by Crippen LogP contribution is -2.47. The number of aliphatic carboxylic acids is 1. The molecule has 0 radical (unpaired) electrons. The van der Waals surface area contributed by atoms with Gasteiger partial charge in [0.1, 0.15) is 6.04 Å². The Labute approximate surface area is 107 Å². The Kier molecular flexibility index (Phi) is 5.96. The lowest BCUT2D eigenvalue weighted by atomic mass is 10.1. The lowest BCUT2D eigenvalue weighted by Gasteiger charge is -2.28. The third-order valence-corrected chi connectivity index (χ3v) is 6.45. The molecule has 1 atom stereocenters. The lowest BCUT2D eigenvalue weighted by molar-refractivity contribution is -0.139. The molecule has 0 unspecified atom stereocenters. The van der Waals surface area contributed by atoms with Gasteiger partial charge in [0.2, 0.25) is 0 Å². The fraction of sp³-hybridized carbons (Fsp3) is 0.900. The third-order valence-electron chi connectivity index (χ3n) is 2.58. The van der Waals surface area contributed by atoms with Crippen LogP contribution < -0.4 is 5.73 Å². The first-order valence-electron chi connectivity index (χ1n) is 5.34. The molecule has 0 spiro atoms. The van der Waals surface area contributed by atoms with Crippen molar-refractivity contribution in [3.8, 4) is 0 Å². The highest BCUT2D eigenvalue weighted by atomic mass is 32.2. The highest BCUT2D eigenvalue weighted by Crippen LogP contribution is 2.27. The Morgan fingerprint density at radius 1 is 1.41 bits per heavy atom. The van der Waals surface area contributed by atoms with Gasteiger partial charge in [-0.05, 0) is 27.7 Å². The highest BCUT2D eigenvalue weighted by Gasteiger charge is 2.32. The molecule has 0 aliphatic rings. The molecule has 0 aromatic carbocycles. The number of thioether (sulfide) groups is 1. The third kappa shape index (κ3) is 5.27. The number of carboxylic acid groups (broad SMARTS) is 1. The van der Waals surface area contributed by atoms with Crippen LogP contribution in [-0.2, 0) is 14.6 Å². The van der Waals surface area contributed by atoms with Gasteiger partial charge in [-0.1, -0.05) is 0 Å². The maximum atomic E-state index is 11.6. The van der Waals surface area contributed by atoms with Gasteiger partial charge in [-0.25, -0.2) is 8.42 Å². The van der Waals surface area contributed by atoms with E-state index in [1.54, 1.807) is 27.7 Å². The zero-order valence-corrected chi connectivity index (χ0v) is 12.3. The van der Waals surface area contributed by atoms with Crippen LogP contribution in [0.15, 0.2) is 0 Å². The topological polar surface area (TPSA) is 97.5 Å². The smallest absolute Gasteiger partial charge is 0.321 e. The second-order valence-electron chi connectivity index (χ2n) is 4.68. The molecule has 0 aliphatic heterocycles. The van der Waals surface area contributed by atoms with Crippen molar-refractivity contribution in [2.24, 2.45) is 5.73 Å². The Bertz CT molecular complexity index is 363. The summed E-state index contributed by atoms with van der Waals surface area (Å²) in [6, 6.07) is -1.01. The first-order valence-corrected chi connectivity index (χ1v) is 8.04. The van der Waals surface area contributed by atoms with E-state index < -0.39 is 31.8 Å². The van der Waals surface area contributed by atoms with Gasteiger partial charge in [-0.3, -0.25) is 4.79 Å². The van der Waals surface area contributed by atoms with Crippen molar-refractivity contribution in [2.75, 3.05) is 11.5 Å². The van der Waals surface area contributed by atoms with Crippen LogP contribution in [0.3, 0.4) is 0 Å². The van der Waals surface area contributed by atoms with Crippen LogP contribution in [0, 0.1) is 0 Å². The molecular weight excluding hydrogens is 262 g/mol. The molecule has 0 amide bonds. The quantitative estimate of drug-likeness (QED) is 0.715. The van der Waals surface area contributed by atoms with Crippen molar-refractivity contribution in [3.63, 3.8) is 0 Å². The van der Waals surface area contributed by atoms with E-state index in [9.17, 15) is 13.2 Å². The Morgan fingerprint density at radius 2 is 1.88 bits per heavy atom. The largest absolute Gasteiger partial charge is 0.480 e. The summed E-state index contributed by atoms with van der Waals surface area (Å²) in [7, 11) is -3.08. The Balaban J connectivity index is 4.35. The van der Waals surface area contributed by atoms with Crippen molar-refractivity contribution in [1.29, 1.82) is 0 Å². The minimum Gasteiger partial charge on any atom is -0.480 e. The van der Waals surface area contributed by atoms with Crippen molar-refractivity contribution >= 4 is 27.6 Å². The summed E-state index contributed by atoms with van der Waals surface area (Å²) in [5.41, 5.74) is 5.53. The molecule has 7 heteroatoms. The van der Waals surface area contributed by atoms with Gasteiger partial charge >= 0.3 is 5.97 Å². The van der Waals surface area contributed by atoms with Crippen LogP contribution in [0.4, 0.5) is 0 Å². The van der Waals surface area contributed by atoms with Crippen molar-refractivity contribution in [2.45, 2.75) is 43.7 Å². The van der Waals surface area contributed by atoms with Gasteiger partial charge in [-0.15, -0.1) is 0 Å². The maximum Gasteiger partial charge on any atom is 0.321 e. The standard InChI is InChI=1S/C10H21NO4S2/c1-7(2)17(14,15)6-5-16-10(3,4)8(11)9(12)13/h7-8H,5-6,11H2,1-4H3,(H,12,13)/t8-/m1/s1. The normalized spacial score (nSPS) is 14.9. The average molecular weight is 283 g/mol. The van der Waals surface area contributed by atoms with Crippen LogP contribution in [0.25, 0.3) is 0 Å². The van der Waals surface area contributed by atoms with E-state index in [0.717, 1.165) is 0 Å². The van der Waals surface area contributed by atoms with Crippen molar-refractivity contribution < 1.29 is 18.3 Å². The number of rotatable bonds is 7.